The van der Waals surface area contributed by atoms with Gasteiger partial charge in [-0.3, -0.25) is 4.18 Å². The molecular formula is C23H27NO7S. The number of methoxy groups -OCH3 is 2. The lowest BCUT2D eigenvalue weighted by atomic mass is 10.1. The van der Waals surface area contributed by atoms with Crippen molar-refractivity contribution in [1.29, 1.82) is 0 Å². The van der Waals surface area contributed by atoms with Crippen molar-refractivity contribution in [3.8, 4) is 5.75 Å². The Balaban J connectivity index is 0.000000534. The van der Waals surface area contributed by atoms with Gasteiger partial charge in [-0.25, -0.2) is 13.0 Å². The molecule has 0 saturated carbocycles. The number of pyridine rings is 1. The molecule has 172 valence electrons. The number of para-hydroxylation sites is 1. The largest absolute Gasteiger partial charge is 0.726 e. The van der Waals surface area contributed by atoms with Crippen LogP contribution in [0.5, 0.6) is 5.75 Å². The zero-order valence-corrected chi connectivity index (χ0v) is 19.2. The monoisotopic (exact) mass is 461 g/mol. The van der Waals surface area contributed by atoms with Crippen molar-refractivity contribution >= 4 is 33.5 Å². The standard InChI is InChI=1S/C22H24NO3.CH4O4S/c1-23-15-14-18(20-6-4-5-7-21(20)23)11-8-17-9-12-19(13-10-17)26-16-22(24-2)25-3;1-5-6(2,3)4/h4-15,22H,16H2,1-3H3;1H3,(H,2,3,4)/q+1;/p-1. The van der Waals surface area contributed by atoms with Gasteiger partial charge in [0.05, 0.1) is 12.5 Å². The quantitative estimate of drug-likeness (QED) is 0.220. The second kappa shape index (κ2) is 12.3. The molecule has 0 saturated heterocycles. The number of aryl methyl sites for hydroxylation is 1. The third-order valence-corrected chi connectivity index (χ3v) is 4.93. The van der Waals surface area contributed by atoms with Crippen LogP contribution in [0.3, 0.4) is 0 Å². The lowest BCUT2D eigenvalue weighted by Crippen LogP contribution is -2.28. The third-order valence-electron chi connectivity index (χ3n) is 4.52. The molecule has 0 aliphatic rings. The molecule has 9 heteroatoms. The average molecular weight is 462 g/mol. The van der Waals surface area contributed by atoms with Crippen LogP contribution in [-0.4, -0.2) is 47.2 Å². The molecule has 0 atom stereocenters. The van der Waals surface area contributed by atoms with E-state index < -0.39 is 10.4 Å². The van der Waals surface area contributed by atoms with Crippen LogP contribution in [0.15, 0.2) is 60.8 Å². The van der Waals surface area contributed by atoms with Crippen LogP contribution in [-0.2, 0) is 31.1 Å². The van der Waals surface area contributed by atoms with Crippen LogP contribution >= 0.6 is 0 Å². The highest BCUT2D eigenvalue weighted by atomic mass is 32.3. The van der Waals surface area contributed by atoms with Crippen molar-refractivity contribution < 1.29 is 35.9 Å². The van der Waals surface area contributed by atoms with E-state index in [0.717, 1.165) is 18.4 Å². The van der Waals surface area contributed by atoms with E-state index in [1.807, 2.05) is 24.3 Å². The summed E-state index contributed by atoms with van der Waals surface area (Å²) in [5, 5.41) is 1.24. The minimum absolute atomic E-state index is 0.356. The van der Waals surface area contributed by atoms with E-state index in [4.69, 9.17) is 14.2 Å². The summed E-state index contributed by atoms with van der Waals surface area (Å²) in [6, 6.07) is 18.5. The predicted octanol–water partition coefficient (Wildman–Crippen LogP) is 2.93. The summed E-state index contributed by atoms with van der Waals surface area (Å²) in [7, 11) is 1.65. The molecule has 8 nitrogen and oxygen atoms in total. The minimum Gasteiger partial charge on any atom is -0.726 e. The molecule has 0 bridgehead atoms. The number of hydrogen-bond donors (Lipinski definition) is 0. The Kier molecular flexibility index (Phi) is 9.76. The second-order valence-corrected chi connectivity index (χ2v) is 7.74. The van der Waals surface area contributed by atoms with Gasteiger partial charge in [-0.15, -0.1) is 0 Å². The molecule has 3 aromatic rings. The van der Waals surface area contributed by atoms with Crippen LogP contribution in [0.4, 0.5) is 0 Å². The molecule has 0 amide bonds. The molecule has 2 aromatic carbocycles. The topological polar surface area (TPSA) is 98.0 Å². The minimum atomic E-state index is -4.41. The van der Waals surface area contributed by atoms with Crippen molar-refractivity contribution in [2.45, 2.75) is 6.29 Å². The summed E-state index contributed by atoms with van der Waals surface area (Å²) in [5.41, 5.74) is 3.52. The smallest absolute Gasteiger partial charge is 0.217 e. The average Bonchev–Trinajstić information content (AvgIpc) is 2.80. The number of benzene rings is 2. The lowest BCUT2D eigenvalue weighted by molar-refractivity contribution is -0.644. The van der Waals surface area contributed by atoms with Gasteiger partial charge in [-0.2, -0.15) is 0 Å². The summed E-state index contributed by atoms with van der Waals surface area (Å²) in [6.07, 6.45) is 5.98. The van der Waals surface area contributed by atoms with Crippen molar-refractivity contribution in [3.05, 3.63) is 71.9 Å². The molecule has 1 aromatic heterocycles. The van der Waals surface area contributed by atoms with Gasteiger partial charge in [0.1, 0.15) is 19.4 Å². The molecule has 0 fully saturated rings. The van der Waals surface area contributed by atoms with Gasteiger partial charge in [0, 0.05) is 26.4 Å². The van der Waals surface area contributed by atoms with E-state index >= 15 is 0 Å². The van der Waals surface area contributed by atoms with Crippen LogP contribution in [0.1, 0.15) is 11.1 Å². The van der Waals surface area contributed by atoms with Crippen molar-refractivity contribution in [2.75, 3.05) is 27.9 Å². The number of hydrogen-bond acceptors (Lipinski definition) is 7. The van der Waals surface area contributed by atoms with Gasteiger partial charge in [0.2, 0.25) is 15.9 Å². The van der Waals surface area contributed by atoms with E-state index in [2.05, 4.69) is 64.5 Å². The van der Waals surface area contributed by atoms with Crippen LogP contribution in [0.2, 0.25) is 0 Å². The first-order chi connectivity index (χ1) is 15.3. The fraction of sp³-hybridized carbons (Fsp3) is 0.261. The highest BCUT2D eigenvalue weighted by Crippen LogP contribution is 2.19. The van der Waals surface area contributed by atoms with Crippen molar-refractivity contribution in [3.63, 3.8) is 0 Å². The maximum atomic E-state index is 9.22. The summed E-state index contributed by atoms with van der Waals surface area (Å²) in [6.45, 7) is 0.356. The first kappa shape index (κ1) is 25.4. The Bertz CT molecular complexity index is 1120. The molecule has 32 heavy (non-hydrogen) atoms. The fourth-order valence-electron chi connectivity index (χ4n) is 2.79. The first-order valence-electron chi connectivity index (χ1n) is 9.62. The Labute approximate surface area is 188 Å². The normalized spacial score (nSPS) is 11.6. The lowest BCUT2D eigenvalue weighted by Gasteiger charge is -2.14. The Morgan fingerprint density at radius 1 is 0.969 bits per heavy atom. The SMILES string of the molecule is COC(COc1ccc(C=Cc2cc[n+](C)c3ccccc23)cc1)OC.COS(=O)(=O)[O-]. The molecule has 1 heterocycles. The highest BCUT2D eigenvalue weighted by Gasteiger charge is 2.07. The summed E-state index contributed by atoms with van der Waals surface area (Å²) in [5.74, 6) is 0.790. The van der Waals surface area contributed by atoms with Gasteiger partial charge >= 0.3 is 0 Å². The number of fused-ring (bicyclic) bond motifs is 1. The first-order valence-corrected chi connectivity index (χ1v) is 11.0. The van der Waals surface area contributed by atoms with Gasteiger partial charge in [-0.1, -0.05) is 36.4 Å². The maximum Gasteiger partial charge on any atom is 0.217 e. The zero-order chi connectivity index (χ0) is 23.6. The van der Waals surface area contributed by atoms with E-state index in [0.29, 0.717) is 6.61 Å². The number of ether oxygens (including phenoxy) is 3. The van der Waals surface area contributed by atoms with Gasteiger partial charge in [-0.05, 0) is 29.3 Å². The van der Waals surface area contributed by atoms with Gasteiger partial charge in [0.15, 0.2) is 12.5 Å². The van der Waals surface area contributed by atoms with E-state index in [9.17, 15) is 13.0 Å². The number of nitrogens with zero attached hydrogens (tertiary/aromatic N) is 1. The molecule has 0 aliphatic heterocycles. The zero-order valence-electron chi connectivity index (χ0n) is 18.4. The Hall–Kier alpha value is -2.82. The predicted molar refractivity (Wildman–Crippen MR) is 121 cm³/mol. The van der Waals surface area contributed by atoms with Crippen molar-refractivity contribution in [1.82, 2.24) is 0 Å². The molecule has 0 spiro atoms. The Morgan fingerprint density at radius 3 is 2.19 bits per heavy atom. The van der Waals surface area contributed by atoms with Gasteiger partial charge < -0.3 is 18.8 Å². The van der Waals surface area contributed by atoms with Crippen LogP contribution in [0.25, 0.3) is 23.1 Å². The summed E-state index contributed by atoms with van der Waals surface area (Å²) < 4.78 is 49.0. The molecule has 3 rings (SSSR count). The number of rotatable bonds is 8. The van der Waals surface area contributed by atoms with E-state index in [-0.39, 0.29) is 6.29 Å². The summed E-state index contributed by atoms with van der Waals surface area (Å²) >= 11 is 0. The maximum absolute atomic E-state index is 9.22. The highest BCUT2D eigenvalue weighted by molar-refractivity contribution is 7.80. The Morgan fingerprint density at radius 2 is 1.59 bits per heavy atom. The van der Waals surface area contributed by atoms with Crippen molar-refractivity contribution in [2.24, 2.45) is 7.05 Å². The molecular weight excluding hydrogens is 434 g/mol. The molecule has 0 N–H and O–H groups in total. The molecule has 0 unspecified atom stereocenters. The van der Waals surface area contributed by atoms with E-state index in [1.165, 1.54) is 16.5 Å². The third kappa shape index (κ3) is 8.03. The van der Waals surface area contributed by atoms with Crippen LogP contribution in [0, 0.1) is 0 Å². The molecule has 0 aliphatic carbocycles. The van der Waals surface area contributed by atoms with E-state index in [1.54, 1.807) is 14.2 Å². The summed E-state index contributed by atoms with van der Waals surface area (Å²) in [4.78, 5) is 0. The number of aromatic nitrogens is 1. The fourth-order valence-corrected chi connectivity index (χ4v) is 2.79. The second-order valence-electron chi connectivity index (χ2n) is 6.59. The van der Waals surface area contributed by atoms with Crippen LogP contribution < -0.4 is 9.30 Å². The van der Waals surface area contributed by atoms with Gasteiger partial charge in [0.25, 0.3) is 0 Å². The molecule has 0 radical (unpaired) electrons.